The standard InChI is InChI=1S/C25H19N7O3S/c1-17-8-9-22(35-17)25-29-21-15-27-24-20(10-13-31(24)36(33,34)19-6-3-2-4-7-19)23(21)32(25)18-14-28-30(16-18)12-5-11-26/h2-4,6-10,13-16H,5,12H2,1H3. The summed E-state index contributed by atoms with van der Waals surface area (Å²) in [7, 11) is -3.86. The van der Waals surface area contributed by atoms with Crippen LogP contribution in [0, 0.1) is 18.3 Å². The SMILES string of the molecule is Cc1ccc(-c2nc3cnc4c(ccn4S(=O)(=O)c4ccccc4)c3n2-c2cnn(CCC#N)c2)o1. The van der Waals surface area contributed by atoms with E-state index >= 15 is 0 Å². The Morgan fingerprint density at radius 3 is 2.67 bits per heavy atom. The quantitative estimate of drug-likeness (QED) is 0.336. The molecule has 0 saturated carbocycles. The number of aromatic nitrogens is 6. The van der Waals surface area contributed by atoms with Gasteiger partial charge in [0.1, 0.15) is 11.3 Å². The van der Waals surface area contributed by atoms with Crippen LogP contribution in [-0.2, 0) is 16.6 Å². The molecule has 6 aromatic rings. The maximum Gasteiger partial charge on any atom is 0.269 e. The summed E-state index contributed by atoms with van der Waals surface area (Å²) < 4.78 is 37.4. The molecule has 0 unspecified atom stereocenters. The second-order valence-electron chi connectivity index (χ2n) is 8.21. The van der Waals surface area contributed by atoms with E-state index in [9.17, 15) is 8.42 Å². The fourth-order valence-corrected chi connectivity index (χ4v) is 5.57. The third-order valence-electron chi connectivity index (χ3n) is 5.89. The Hall–Kier alpha value is -4.69. The molecule has 0 fully saturated rings. The van der Waals surface area contributed by atoms with Crippen molar-refractivity contribution in [3.05, 3.63) is 79.1 Å². The van der Waals surface area contributed by atoms with Crippen molar-refractivity contribution in [1.29, 1.82) is 5.26 Å². The highest BCUT2D eigenvalue weighted by Crippen LogP contribution is 2.34. The molecule has 0 atom stereocenters. The highest BCUT2D eigenvalue weighted by Gasteiger charge is 2.25. The minimum Gasteiger partial charge on any atom is -0.458 e. The minimum absolute atomic E-state index is 0.170. The summed E-state index contributed by atoms with van der Waals surface area (Å²) in [5.74, 6) is 1.82. The highest BCUT2D eigenvalue weighted by molar-refractivity contribution is 7.90. The Labute approximate surface area is 205 Å². The van der Waals surface area contributed by atoms with Crippen molar-refractivity contribution < 1.29 is 12.8 Å². The van der Waals surface area contributed by atoms with Crippen molar-refractivity contribution in [1.82, 2.24) is 28.3 Å². The monoisotopic (exact) mass is 497 g/mol. The lowest BCUT2D eigenvalue weighted by Gasteiger charge is -2.08. The van der Waals surface area contributed by atoms with Crippen molar-refractivity contribution in [2.75, 3.05) is 0 Å². The van der Waals surface area contributed by atoms with Gasteiger partial charge < -0.3 is 4.42 Å². The molecule has 0 N–H and O–H groups in total. The van der Waals surface area contributed by atoms with Gasteiger partial charge >= 0.3 is 0 Å². The molecule has 1 aromatic carbocycles. The molecule has 6 rings (SSSR count). The molecular weight excluding hydrogens is 478 g/mol. The van der Waals surface area contributed by atoms with Crippen molar-refractivity contribution in [2.45, 2.75) is 24.8 Å². The molecule has 11 heteroatoms. The highest BCUT2D eigenvalue weighted by atomic mass is 32.2. The summed E-state index contributed by atoms with van der Waals surface area (Å²) in [6.45, 7) is 2.30. The molecule has 0 saturated heterocycles. The summed E-state index contributed by atoms with van der Waals surface area (Å²) in [5, 5.41) is 13.9. The van der Waals surface area contributed by atoms with Crippen molar-refractivity contribution in [3.8, 4) is 23.3 Å². The van der Waals surface area contributed by atoms with Gasteiger partial charge in [-0.1, -0.05) is 18.2 Å². The Bertz CT molecular complexity index is 1890. The van der Waals surface area contributed by atoms with Crippen LogP contribution in [0.25, 0.3) is 39.3 Å². The van der Waals surface area contributed by atoms with Gasteiger partial charge in [-0.2, -0.15) is 10.4 Å². The van der Waals surface area contributed by atoms with Gasteiger partial charge in [-0.3, -0.25) is 9.25 Å². The van der Waals surface area contributed by atoms with E-state index in [1.165, 1.54) is 10.2 Å². The average molecular weight is 498 g/mol. The Kier molecular flexibility index (Phi) is 4.98. The van der Waals surface area contributed by atoms with Gasteiger partial charge in [-0.25, -0.2) is 22.4 Å². The number of hydrogen-bond donors (Lipinski definition) is 0. The zero-order chi connectivity index (χ0) is 24.9. The summed E-state index contributed by atoms with van der Waals surface area (Å²) in [6.07, 6.45) is 6.89. The number of rotatable bonds is 6. The molecule has 0 aliphatic heterocycles. The van der Waals surface area contributed by atoms with E-state index in [1.54, 1.807) is 53.5 Å². The molecular formula is C25H19N7O3S. The molecule has 0 bridgehead atoms. The van der Waals surface area contributed by atoms with Gasteiger partial charge in [0.2, 0.25) is 0 Å². The van der Waals surface area contributed by atoms with Gasteiger partial charge in [-0.15, -0.1) is 0 Å². The van der Waals surface area contributed by atoms with Crippen LogP contribution in [-0.4, -0.2) is 36.7 Å². The molecule has 0 radical (unpaired) electrons. The van der Waals surface area contributed by atoms with E-state index in [0.717, 1.165) is 5.76 Å². The summed E-state index contributed by atoms with van der Waals surface area (Å²) >= 11 is 0. The number of furan rings is 1. The van der Waals surface area contributed by atoms with Gasteiger partial charge in [0.05, 0.1) is 47.5 Å². The maximum absolute atomic E-state index is 13.4. The first-order valence-electron chi connectivity index (χ1n) is 11.1. The number of nitrogens with zero attached hydrogens (tertiary/aromatic N) is 7. The Morgan fingerprint density at radius 1 is 1.08 bits per heavy atom. The fraction of sp³-hybridized carbons (Fsp3) is 0.120. The third kappa shape index (κ3) is 3.38. The molecule has 0 aliphatic rings. The molecule has 5 aromatic heterocycles. The lowest BCUT2D eigenvalue weighted by atomic mass is 10.3. The van der Waals surface area contributed by atoms with Crippen molar-refractivity contribution in [3.63, 3.8) is 0 Å². The predicted molar refractivity (Wildman–Crippen MR) is 132 cm³/mol. The van der Waals surface area contributed by atoms with E-state index in [2.05, 4.69) is 16.2 Å². The van der Waals surface area contributed by atoms with Gasteiger partial charge in [0.25, 0.3) is 10.0 Å². The van der Waals surface area contributed by atoms with Crippen LogP contribution >= 0.6 is 0 Å². The molecule has 178 valence electrons. The average Bonchev–Trinajstić information content (AvgIpc) is 3.67. The van der Waals surface area contributed by atoms with Crippen LogP contribution in [0.5, 0.6) is 0 Å². The first-order valence-corrected chi connectivity index (χ1v) is 12.6. The first-order chi connectivity index (χ1) is 17.5. The maximum atomic E-state index is 13.4. The van der Waals surface area contributed by atoms with Crippen LogP contribution < -0.4 is 0 Å². The van der Waals surface area contributed by atoms with E-state index in [0.29, 0.717) is 46.7 Å². The second kappa shape index (κ2) is 8.21. The van der Waals surface area contributed by atoms with Crippen LogP contribution in [0.15, 0.2) is 82.6 Å². The zero-order valence-corrected chi connectivity index (χ0v) is 19.9. The Balaban J connectivity index is 1.62. The van der Waals surface area contributed by atoms with Crippen LogP contribution in [0.2, 0.25) is 0 Å². The van der Waals surface area contributed by atoms with Gasteiger partial charge in [0.15, 0.2) is 17.2 Å². The van der Waals surface area contributed by atoms with Crippen molar-refractivity contribution in [2.24, 2.45) is 0 Å². The number of benzene rings is 1. The van der Waals surface area contributed by atoms with E-state index in [1.807, 2.05) is 29.8 Å². The third-order valence-corrected chi connectivity index (χ3v) is 7.57. The molecule has 0 aliphatic carbocycles. The smallest absolute Gasteiger partial charge is 0.269 e. The number of pyridine rings is 1. The molecule has 5 heterocycles. The zero-order valence-electron chi connectivity index (χ0n) is 19.1. The summed E-state index contributed by atoms with van der Waals surface area (Å²) in [4.78, 5) is 9.43. The van der Waals surface area contributed by atoms with Crippen LogP contribution in [0.3, 0.4) is 0 Å². The fourth-order valence-electron chi connectivity index (χ4n) is 4.25. The summed E-state index contributed by atoms with van der Waals surface area (Å²) in [5.41, 5.74) is 2.23. The number of imidazole rings is 1. The lowest BCUT2D eigenvalue weighted by molar-refractivity contribution is 0.543. The molecule has 0 amide bonds. The van der Waals surface area contributed by atoms with Crippen LogP contribution in [0.4, 0.5) is 0 Å². The van der Waals surface area contributed by atoms with E-state index in [-0.39, 0.29) is 10.5 Å². The van der Waals surface area contributed by atoms with Crippen LogP contribution in [0.1, 0.15) is 12.2 Å². The number of fused-ring (bicyclic) bond motifs is 3. The molecule has 10 nitrogen and oxygen atoms in total. The topological polar surface area (TPSA) is 125 Å². The lowest BCUT2D eigenvalue weighted by Crippen LogP contribution is -2.12. The van der Waals surface area contributed by atoms with E-state index in [4.69, 9.17) is 14.7 Å². The van der Waals surface area contributed by atoms with E-state index < -0.39 is 10.0 Å². The predicted octanol–water partition coefficient (Wildman–Crippen LogP) is 4.29. The molecule has 36 heavy (non-hydrogen) atoms. The molecule has 0 spiro atoms. The number of hydrogen-bond acceptors (Lipinski definition) is 7. The summed E-state index contributed by atoms with van der Waals surface area (Å²) in [6, 6.07) is 15.8. The second-order valence-corrected chi connectivity index (χ2v) is 10.0. The normalized spacial score (nSPS) is 11.9. The number of nitriles is 1. The van der Waals surface area contributed by atoms with Gasteiger partial charge in [-0.05, 0) is 37.3 Å². The van der Waals surface area contributed by atoms with Crippen molar-refractivity contribution >= 4 is 32.1 Å². The minimum atomic E-state index is -3.86. The first kappa shape index (κ1) is 21.8. The number of aryl methyl sites for hydroxylation is 2. The largest absolute Gasteiger partial charge is 0.458 e. The van der Waals surface area contributed by atoms with Gasteiger partial charge in [0, 0.05) is 17.8 Å². The Morgan fingerprint density at radius 2 is 1.92 bits per heavy atom.